The van der Waals surface area contributed by atoms with Gasteiger partial charge >= 0.3 is 0 Å². The maximum Gasteiger partial charge on any atom is 0.240 e. The Morgan fingerprint density at radius 2 is 2.11 bits per heavy atom. The SMILES string of the molecule is CC(C)CN(CC(N)=O)C(=O)C1NCC2CCCC21. The van der Waals surface area contributed by atoms with Crippen LogP contribution in [-0.2, 0) is 9.59 Å². The average molecular weight is 267 g/mol. The summed E-state index contributed by atoms with van der Waals surface area (Å²) in [4.78, 5) is 25.4. The molecule has 1 saturated carbocycles. The largest absolute Gasteiger partial charge is 0.368 e. The van der Waals surface area contributed by atoms with Crippen molar-refractivity contribution in [3.63, 3.8) is 0 Å². The van der Waals surface area contributed by atoms with E-state index in [1.54, 1.807) is 4.90 Å². The third kappa shape index (κ3) is 3.26. The van der Waals surface area contributed by atoms with Gasteiger partial charge in [-0.05, 0) is 37.1 Å². The van der Waals surface area contributed by atoms with Crippen LogP contribution >= 0.6 is 0 Å². The number of fused-ring (bicyclic) bond motifs is 1. The lowest BCUT2D eigenvalue weighted by Gasteiger charge is -2.28. The Balaban J connectivity index is 2.03. The van der Waals surface area contributed by atoms with Crippen molar-refractivity contribution in [3.05, 3.63) is 0 Å². The Morgan fingerprint density at radius 1 is 1.37 bits per heavy atom. The third-order valence-corrected chi connectivity index (χ3v) is 4.26. The topological polar surface area (TPSA) is 75.4 Å². The molecular weight excluding hydrogens is 242 g/mol. The predicted octanol–water partition coefficient (Wildman–Crippen LogP) is 0.344. The highest BCUT2D eigenvalue weighted by Gasteiger charge is 2.43. The van der Waals surface area contributed by atoms with Crippen LogP contribution in [0.4, 0.5) is 0 Å². The van der Waals surface area contributed by atoms with Gasteiger partial charge < -0.3 is 16.0 Å². The van der Waals surface area contributed by atoms with E-state index in [0.29, 0.717) is 24.3 Å². The van der Waals surface area contributed by atoms with E-state index in [1.807, 2.05) is 13.8 Å². The van der Waals surface area contributed by atoms with Gasteiger partial charge in [0.2, 0.25) is 11.8 Å². The van der Waals surface area contributed by atoms with Gasteiger partial charge in [0.15, 0.2) is 0 Å². The summed E-state index contributed by atoms with van der Waals surface area (Å²) in [6.45, 7) is 5.65. The second-order valence-corrected chi connectivity index (χ2v) is 6.32. The molecule has 0 aromatic heterocycles. The number of nitrogens with one attached hydrogen (secondary N) is 1. The molecule has 3 unspecified atom stereocenters. The molecule has 0 aromatic rings. The fourth-order valence-corrected chi connectivity index (χ4v) is 3.52. The van der Waals surface area contributed by atoms with Crippen molar-refractivity contribution in [2.45, 2.75) is 39.2 Å². The van der Waals surface area contributed by atoms with Crippen molar-refractivity contribution >= 4 is 11.8 Å². The van der Waals surface area contributed by atoms with Crippen LogP contribution in [0.25, 0.3) is 0 Å². The van der Waals surface area contributed by atoms with Crippen LogP contribution < -0.4 is 11.1 Å². The Bertz CT molecular complexity index is 357. The van der Waals surface area contributed by atoms with E-state index in [0.717, 1.165) is 13.0 Å². The highest BCUT2D eigenvalue weighted by Crippen LogP contribution is 2.38. The lowest BCUT2D eigenvalue weighted by Crippen LogP contribution is -2.50. The molecule has 3 N–H and O–H groups in total. The summed E-state index contributed by atoms with van der Waals surface area (Å²) >= 11 is 0. The summed E-state index contributed by atoms with van der Waals surface area (Å²) in [6.07, 6.45) is 3.57. The summed E-state index contributed by atoms with van der Waals surface area (Å²) in [5, 5.41) is 3.34. The molecule has 3 atom stereocenters. The van der Waals surface area contributed by atoms with E-state index < -0.39 is 5.91 Å². The van der Waals surface area contributed by atoms with Gasteiger partial charge in [-0.1, -0.05) is 20.3 Å². The standard InChI is InChI=1S/C14H25N3O2/c1-9(2)7-17(8-12(15)18)14(19)13-11-5-3-4-10(11)6-16-13/h9-11,13,16H,3-8H2,1-2H3,(H2,15,18). The van der Waals surface area contributed by atoms with Gasteiger partial charge in [0, 0.05) is 6.54 Å². The summed E-state index contributed by atoms with van der Waals surface area (Å²) in [5.41, 5.74) is 5.26. The first-order valence-electron chi connectivity index (χ1n) is 7.29. The van der Waals surface area contributed by atoms with Crippen LogP contribution in [-0.4, -0.2) is 42.4 Å². The van der Waals surface area contributed by atoms with Crippen molar-refractivity contribution in [3.8, 4) is 0 Å². The highest BCUT2D eigenvalue weighted by atomic mass is 16.2. The summed E-state index contributed by atoms with van der Waals surface area (Å²) < 4.78 is 0. The fraction of sp³-hybridized carbons (Fsp3) is 0.857. The van der Waals surface area contributed by atoms with Gasteiger partial charge in [-0.2, -0.15) is 0 Å². The number of hydrogen-bond acceptors (Lipinski definition) is 3. The van der Waals surface area contributed by atoms with Gasteiger partial charge in [-0.3, -0.25) is 9.59 Å². The third-order valence-electron chi connectivity index (χ3n) is 4.26. The maximum atomic E-state index is 12.6. The van der Waals surface area contributed by atoms with Crippen molar-refractivity contribution in [1.29, 1.82) is 0 Å². The van der Waals surface area contributed by atoms with E-state index in [2.05, 4.69) is 5.32 Å². The molecular formula is C14H25N3O2. The molecule has 5 heteroatoms. The van der Waals surface area contributed by atoms with Crippen LogP contribution in [0.15, 0.2) is 0 Å². The lowest BCUT2D eigenvalue weighted by atomic mass is 9.93. The molecule has 19 heavy (non-hydrogen) atoms. The van der Waals surface area contributed by atoms with Crippen LogP contribution in [0.3, 0.4) is 0 Å². The number of hydrogen-bond donors (Lipinski definition) is 2. The van der Waals surface area contributed by atoms with Crippen molar-refractivity contribution < 1.29 is 9.59 Å². The Hall–Kier alpha value is -1.10. The average Bonchev–Trinajstić information content (AvgIpc) is 2.87. The van der Waals surface area contributed by atoms with Crippen LogP contribution in [0.1, 0.15) is 33.1 Å². The molecule has 108 valence electrons. The molecule has 5 nitrogen and oxygen atoms in total. The van der Waals surface area contributed by atoms with Crippen molar-refractivity contribution in [2.24, 2.45) is 23.5 Å². The molecule has 1 saturated heterocycles. The normalized spacial score (nSPS) is 29.5. The van der Waals surface area contributed by atoms with E-state index in [4.69, 9.17) is 5.73 Å². The van der Waals surface area contributed by atoms with Gasteiger partial charge in [0.1, 0.15) is 0 Å². The molecule has 0 aromatic carbocycles. The Morgan fingerprint density at radius 3 is 2.74 bits per heavy atom. The first kappa shape index (κ1) is 14.3. The van der Waals surface area contributed by atoms with E-state index in [-0.39, 0.29) is 18.5 Å². The first-order valence-corrected chi connectivity index (χ1v) is 7.29. The highest BCUT2D eigenvalue weighted by molar-refractivity contribution is 5.87. The van der Waals surface area contributed by atoms with Gasteiger partial charge in [-0.15, -0.1) is 0 Å². The molecule has 2 amide bonds. The number of primary amides is 1. The molecule has 0 radical (unpaired) electrons. The molecule has 1 aliphatic carbocycles. The summed E-state index contributed by atoms with van der Waals surface area (Å²) in [5.74, 6) is 1.06. The molecule has 1 heterocycles. The predicted molar refractivity (Wildman–Crippen MR) is 73.2 cm³/mol. The minimum Gasteiger partial charge on any atom is -0.368 e. The zero-order valence-corrected chi connectivity index (χ0v) is 11.9. The Kier molecular flexibility index (Phi) is 4.45. The number of nitrogens with zero attached hydrogens (tertiary/aromatic N) is 1. The summed E-state index contributed by atoms with van der Waals surface area (Å²) in [7, 11) is 0. The second-order valence-electron chi connectivity index (χ2n) is 6.32. The zero-order chi connectivity index (χ0) is 14.0. The minimum atomic E-state index is -0.435. The zero-order valence-electron chi connectivity index (χ0n) is 11.9. The molecule has 1 aliphatic heterocycles. The van der Waals surface area contributed by atoms with E-state index in [1.165, 1.54) is 12.8 Å². The molecule has 2 rings (SSSR count). The van der Waals surface area contributed by atoms with Crippen LogP contribution in [0.5, 0.6) is 0 Å². The van der Waals surface area contributed by atoms with Gasteiger partial charge in [0.25, 0.3) is 0 Å². The Labute approximate surface area is 114 Å². The number of carbonyl (C=O) groups is 2. The molecule has 2 aliphatic rings. The monoisotopic (exact) mass is 267 g/mol. The van der Waals surface area contributed by atoms with Crippen molar-refractivity contribution in [1.82, 2.24) is 10.2 Å². The number of amides is 2. The van der Waals surface area contributed by atoms with Gasteiger partial charge in [-0.25, -0.2) is 0 Å². The number of rotatable bonds is 5. The fourth-order valence-electron chi connectivity index (χ4n) is 3.52. The van der Waals surface area contributed by atoms with Crippen LogP contribution in [0.2, 0.25) is 0 Å². The summed E-state index contributed by atoms with van der Waals surface area (Å²) in [6, 6.07) is -0.106. The second kappa shape index (κ2) is 5.90. The maximum absolute atomic E-state index is 12.6. The van der Waals surface area contributed by atoms with Gasteiger partial charge in [0.05, 0.1) is 12.6 Å². The number of nitrogens with two attached hydrogens (primary N) is 1. The smallest absolute Gasteiger partial charge is 0.240 e. The van der Waals surface area contributed by atoms with E-state index >= 15 is 0 Å². The van der Waals surface area contributed by atoms with Crippen LogP contribution in [0, 0.1) is 17.8 Å². The molecule has 2 fully saturated rings. The minimum absolute atomic E-state index is 0.0343. The molecule has 0 spiro atoms. The number of carbonyl (C=O) groups excluding carboxylic acids is 2. The van der Waals surface area contributed by atoms with E-state index in [9.17, 15) is 9.59 Å². The van der Waals surface area contributed by atoms with Crippen molar-refractivity contribution in [2.75, 3.05) is 19.6 Å². The first-order chi connectivity index (χ1) is 8.99. The molecule has 0 bridgehead atoms. The quantitative estimate of drug-likeness (QED) is 0.754. The lowest BCUT2D eigenvalue weighted by molar-refractivity contribution is -0.138.